The summed E-state index contributed by atoms with van der Waals surface area (Å²) in [6, 6.07) is 0. The van der Waals surface area contributed by atoms with Crippen LogP contribution in [0.25, 0.3) is 0 Å². The summed E-state index contributed by atoms with van der Waals surface area (Å²) in [5.74, 6) is 0. The van der Waals surface area contributed by atoms with Crippen molar-refractivity contribution >= 4 is 0 Å². The third-order valence-corrected chi connectivity index (χ3v) is 7.13. The summed E-state index contributed by atoms with van der Waals surface area (Å²) < 4.78 is 97.2. The highest BCUT2D eigenvalue weighted by Crippen LogP contribution is 1.90. The van der Waals surface area contributed by atoms with Crippen LogP contribution in [0.3, 0.4) is 0 Å². The molecule has 374 valence electrons. The first-order chi connectivity index (χ1) is 30.9. The maximum Gasteiger partial charge on any atom is 0.106 e. The zero-order valence-electron chi connectivity index (χ0n) is 37.3. The zero-order chi connectivity index (χ0) is 44.4. The van der Waals surface area contributed by atoms with Gasteiger partial charge in [0.25, 0.3) is 0 Å². The summed E-state index contributed by atoms with van der Waals surface area (Å²) in [6.07, 6.45) is 0. The summed E-state index contributed by atoms with van der Waals surface area (Å²) in [6.45, 7) is 17.5. The summed E-state index contributed by atoms with van der Waals surface area (Å²) in [7, 11) is 0. The minimum absolute atomic E-state index is 0.0180. The molecule has 0 saturated heterocycles. The third kappa shape index (κ3) is 59.1. The first-order valence-corrected chi connectivity index (χ1v) is 21.8. The third-order valence-electron chi connectivity index (χ3n) is 7.13. The monoisotopic (exact) mass is 915 g/mol. The Balaban J connectivity index is 3.06. The van der Waals surface area contributed by atoms with E-state index in [1.165, 1.54) is 0 Å². The van der Waals surface area contributed by atoms with Crippen molar-refractivity contribution < 1.29 is 105 Å². The molecule has 0 aromatic rings. The summed E-state index contributed by atoms with van der Waals surface area (Å²) in [4.78, 5) is 10.1. The van der Waals surface area contributed by atoms with Crippen LogP contribution in [0.5, 0.6) is 0 Å². The van der Waals surface area contributed by atoms with Crippen LogP contribution in [0.15, 0.2) is 0 Å². The SMILES string of the molecule is OCCOCCOCCOCCOCCOCCOCCOCCOCCOCCOOCCOCCOCCOCCOCCOCCOCCOCCOCCOCCO. The van der Waals surface area contributed by atoms with Gasteiger partial charge < -0.3 is 95.5 Å². The Morgan fingerprint density at radius 3 is 0.339 bits per heavy atom. The molecule has 0 aliphatic rings. The van der Waals surface area contributed by atoms with Gasteiger partial charge in [0.1, 0.15) is 13.2 Å². The molecule has 22 nitrogen and oxygen atoms in total. The topological polar surface area (TPSA) is 225 Å². The Kier molecular flexibility index (Phi) is 59.3. The van der Waals surface area contributed by atoms with Gasteiger partial charge in [-0.15, -0.1) is 0 Å². The molecular formula is C40H82O22. The van der Waals surface area contributed by atoms with E-state index in [9.17, 15) is 0 Å². The van der Waals surface area contributed by atoms with Gasteiger partial charge in [-0.05, 0) is 0 Å². The molecule has 0 heterocycles. The average Bonchev–Trinajstić information content (AvgIpc) is 3.28. The highest BCUT2D eigenvalue weighted by atomic mass is 17.2. The number of hydrogen-bond donors (Lipinski definition) is 2. The van der Waals surface area contributed by atoms with E-state index in [2.05, 4.69) is 0 Å². The molecule has 2 N–H and O–H groups in total. The van der Waals surface area contributed by atoms with Gasteiger partial charge in [-0.25, -0.2) is 9.78 Å². The van der Waals surface area contributed by atoms with E-state index in [4.69, 9.17) is 105 Å². The molecule has 0 spiro atoms. The molecule has 0 unspecified atom stereocenters. The quantitative estimate of drug-likeness (QED) is 0.0434. The van der Waals surface area contributed by atoms with E-state index in [0.29, 0.717) is 251 Å². The van der Waals surface area contributed by atoms with Gasteiger partial charge in [0.15, 0.2) is 0 Å². The summed E-state index contributed by atoms with van der Waals surface area (Å²) in [5, 5.41) is 17.2. The van der Waals surface area contributed by atoms with E-state index in [-0.39, 0.29) is 13.2 Å². The van der Waals surface area contributed by atoms with E-state index < -0.39 is 0 Å². The van der Waals surface area contributed by atoms with E-state index in [0.717, 1.165) is 0 Å². The molecule has 0 radical (unpaired) electrons. The summed E-state index contributed by atoms with van der Waals surface area (Å²) in [5.41, 5.74) is 0. The van der Waals surface area contributed by atoms with Crippen molar-refractivity contribution in [2.75, 3.05) is 264 Å². The van der Waals surface area contributed by atoms with Gasteiger partial charge in [0.05, 0.1) is 251 Å². The molecule has 0 saturated carbocycles. The van der Waals surface area contributed by atoms with Crippen molar-refractivity contribution in [3.63, 3.8) is 0 Å². The van der Waals surface area contributed by atoms with Gasteiger partial charge in [-0.2, -0.15) is 0 Å². The van der Waals surface area contributed by atoms with Gasteiger partial charge in [0.2, 0.25) is 0 Å². The lowest BCUT2D eigenvalue weighted by Crippen LogP contribution is -2.15. The smallest absolute Gasteiger partial charge is 0.106 e. The van der Waals surface area contributed by atoms with Crippen LogP contribution in [-0.2, 0) is 95.0 Å². The lowest BCUT2D eigenvalue weighted by molar-refractivity contribution is -0.303. The summed E-state index contributed by atoms with van der Waals surface area (Å²) >= 11 is 0. The van der Waals surface area contributed by atoms with Crippen LogP contribution < -0.4 is 0 Å². The molecule has 0 atom stereocenters. The number of ether oxygens (including phenoxy) is 18. The average molecular weight is 915 g/mol. The van der Waals surface area contributed by atoms with E-state index in [1.54, 1.807) is 0 Å². The Morgan fingerprint density at radius 2 is 0.226 bits per heavy atom. The maximum atomic E-state index is 8.60. The number of rotatable bonds is 59. The zero-order valence-corrected chi connectivity index (χ0v) is 37.3. The van der Waals surface area contributed by atoms with Gasteiger partial charge in [0, 0.05) is 0 Å². The number of aliphatic hydroxyl groups excluding tert-OH is 2. The minimum atomic E-state index is 0.0180. The Bertz CT molecular complexity index is 707. The fourth-order valence-corrected chi connectivity index (χ4v) is 4.16. The van der Waals surface area contributed by atoms with Gasteiger partial charge in [-0.3, -0.25) is 0 Å². The van der Waals surface area contributed by atoms with E-state index >= 15 is 0 Å². The molecular weight excluding hydrogens is 832 g/mol. The normalized spacial score (nSPS) is 11.7. The Hall–Kier alpha value is -0.880. The second kappa shape index (κ2) is 60.1. The minimum Gasteiger partial charge on any atom is -0.394 e. The standard InChI is InChI=1S/C40H82O22/c41-1-3-43-5-7-45-9-11-47-13-15-49-17-19-51-21-23-53-25-27-55-29-31-57-33-35-59-37-39-61-62-40-38-60-36-34-58-32-30-56-28-26-54-24-22-52-20-18-50-16-14-48-12-10-46-8-6-44-4-2-42/h41-42H,1-40H2. The lowest BCUT2D eigenvalue weighted by Gasteiger charge is -2.09. The predicted octanol–water partition coefficient (Wildman–Crippen LogP) is -0.782. The molecule has 0 aliphatic heterocycles. The lowest BCUT2D eigenvalue weighted by atomic mass is 10.6. The van der Waals surface area contributed by atoms with Crippen molar-refractivity contribution in [1.82, 2.24) is 0 Å². The van der Waals surface area contributed by atoms with Crippen molar-refractivity contribution in [3.05, 3.63) is 0 Å². The fourth-order valence-electron chi connectivity index (χ4n) is 4.16. The largest absolute Gasteiger partial charge is 0.394 e. The van der Waals surface area contributed by atoms with Crippen molar-refractivity contribution in [3.8, 4) is 0 Å². The van der Waals surface area contributed by atoms with Crippen molar-refractivity contribution in [1.29, 1.82) is 0 Å². The van der Waals surface area contributed by atoms with Crippen molar-refractivity contribution in [2.24, 2.45) is 0 Å². The molecule has 0 aliphatic carbocycles. The maximum absolute atomic E-state index is 8.60. The Morgan fingerprint density at radius 1 is 0.129 bits per heavy atom. The predicted molar refractivity (Wildman–Crippen MR) is 221 cm³/mol. The molecule has 0 rings (SSSR count). The highest BCUT2D eigenvalue weighted by molar-refractivity contribution is 4.41. The van der Waals surface area contributed by atoms with Crippen LogP contribution in [0, 0.1) is 0 Å². The second-order valence-corrected chi connectivity index (χ2v) is 12.1. The number of aliphatic hydroxyl groups is 2. The Labute approximate surface area is 369 Å². The fraction of sp³-hybridized carbons (Fsp3) is 1.00. The van der Waals surface area contributed by atoms with Gasteiger partial charge >= 0.3 is 0 Å². The van der Waals surface area contributed by atoms with Crippen LogP contribution in [0.4, 0.5) is 0 Å². The first-order valence-electron chi connectivity index (χ1n) is 21.8. The van der Waals surface area contributed by atoms with E-state index in [1.807, 2.05) is 0 Å². The molecule has 0 amide bonds. The molecule has 0 aromatic carbocycles. The highest BCUT2D eigenvalue weighted by Gasteiger charge is 1.99. The van der Waals surface area contributed by atoms with Crippen LogP contribution in [0.1, 0.15) is 0 Å². The second-order valence-electron chi connectivity index (χ2n) is 12.1. The van der Waals surface area contributed by atoms with Crippen LogP contribution >= 0.6 is 0 Å². The molecule has 0 aromatic heterocycles. The molecule has 22 heteroatoms. The van der Waals surface area contributed by atoms with Crippen molar-refractivity contribution in [2.45, 2.75) is 0 Å². The van der Waals surface area contributed by atoms with Crippen LogP contribution in [-0.4, -0.2) is 274 Å². The first kappa shape index (κ1) is 61.1. The van der Waals surface area contributed by atoms with Crippen LogP contribution in [0.2, 0.25) is 0 Å². The van der Waals surface area contributed by atoms with Gasteiger partial charge in [-0.1, -0.05) is 0 Å². The molecule has 0 fully saturated rings. The molecule has 62 heavy (non-hydrogen) atoms. The number of hydrogen-bond acceptors (Lipinski definition) is 22. The molecule has 0 bridgehead atoms.